The van der Waals surface area contributed by atoms with Crippen LogP contribution < -0.4 is 15.6 Å². The minimum absolute atomic E-state index is 0.168. The SMILES string of the molecule is CC(C)(NC(=O)c1cn(-c2ncc(F)cc2F)c2nc(N3CCC(O)(CO)CC3)ccc2c1=O)C(F)(F)C(F)(F)F. The molecule has 0 unspecified atom stereocenters. The van der Waals surface area contributed by atoms with Crippen molar-refractivity contribution in [1.82, 2.24) is 19.9 Å². The van der Waals surface area contributed by atoms with Crippen molar-refractivity contribution in [3.63, 3.8) is 0 Å². The molecule has 16 heteroatoms. The van der Waals surface area contributed by atoms with Crippen LogP contribution in [-0.4, -0.2) is 73.6 Å². The van der Waals surface area contributed by atoms with Crippen molar-refractivity contribution in [1.29, 1.82) is 0 Å². The van der Waals surface area contributed by atoms with Crippen LogP contribution in [0.3, 0.4) is 0 Å². The van der Waals surface area contributed by atoms with Crippen LogP contribution in [0, 0.1) is 11.6 Å². The number of fused-ring (bicyclic) bond motifs is 1. The second-order valence-electron chi connectivity index (χ2n) is 10.3. The lowest BCUT2D eigenvalue weighted by atomic mass is 9.92. The average Bonchev–Trinajstić information content (AvgIpc) is 2.88. The summed E-state index contributed by atoms with van der Waals surface area (Å²) in [6, 6.07) is 3.00. The summed E-state index contributed by atoms with van der Waals surface area (Å²) in [5.74, 6) is -9.76. The van der Waals surface area contributed by atoms with E-state index in [9.17, 15) is 50.5 Å². The average molecular weight is 591 g/mol. The summed E-state index contributed by atoms with van der Waals surface area (Å²) in [6.45, 7) is 0.836. The number of amides is 1. The number of aromatic nitrogens is 3. The molecule has 1 fully saturated rings. The lowest BCUT2D eigenvalue weighted by Crippen LogP contribution is -2.62. The molecule has 0 atom stereocenters. The number of hydrogen-bond acceptors (Lipinski definition) is 7. The zero-order chi connectivity index (χ0) is 30.5. The minimum atomic E-state index is -6.03. The summed E-state index contributed by atoms with van der Waals surface area (Å²) in [5.41, 5.74) is -6.84. The minimum Gasteiger partial charge on any atom is -0.393 e. The number of pyridine rings is 3. The fourth-order valence-corrected chi connectivity index (χ4v) is 4.37. The van der Waals surface area contributed by atoms with Gasteiger partial charge in [-0.3, -0.25) is 14.2 Å². The Morgan fingerprint density at radius 2 is 1.76 bits per heavy atom. The molecule has 0 saturated carbocycles. The molecule has 4 rings (SSSR count). The fourth-order valence-electron chi connectivity index (χ4n) is 4.37. The standard InChI is InChI=1S/C25H24F7N5O4/c1-22(2,24(28,29)25(30,31)32)35-21(40)15-11-37(20-16(27)9-13(26)10-33-20)19-14(18(15)39)3-4-17(34-19)36-7-5-23(41,12-38)6-8-36/h3-4,9-11,38,41H,5-8,12H2,1-2H3,(H,35,40). The van der Waals surface area contributed by atoms with Crippen molar-refractivity contribution in [2.24, 2.45) is 0 Å². The van der Waals surface area contributed by atoms with Gasteiger partial charge < -0.3 is 20.4 Å². The highest BCUT2D eigenvalue weighted by Gasteiger charge is 2.67. The first-order valence-corrected chi connectivity index (χ1v) is 12.1. The number of nitrogens with zero attached hydrogens (tertiary/aromatic N) is 4. The van der Waals surface area contributed by atoms with Gasteiger partial charge >= 0.3 is 12.1 Å². The molecule has 0 aromatic carbocycles. The van der Waals surface area contributed by atoms with E-state index >= 15 is 0 Å². The van der Waals surface area contributed by atoms with E-state index in [1.54, 1.807) is 4.90 Å². The first-order chi connectivity index (χ1) is 18.9. The summed E-state index contributed by atoms with van der Waals surface area (Å²) in [6.07, 6.45) is -4.40. The van der Waals surface area contributed by atoms with Crippen LogP contribution in [0.15, 0.2) is 35.4 Å². The van der Waals surface area contributed by atoms with Crippen molar-refractivity contribution < 1.29 is 45.7 Å². The Bertz CT molecular complexity index is 1550. The molecule has 3 N–H and O–H groups in total. The third-order valence-electron chi connectivity index (χ3n) is 6.98. The molecule has 4 heterocycles. The quantitative estimate of drug-likeness (QED) is 0.377. The van der Waals surface area contributed by atoms with E-state index in [0.717, 1.165) is 4.57 Å². The van der Waals surface area contributed by atoms with Gasteiger partial charge in [-0.25, -0.2) is 18.7 Å². The maximum atomic E-state index is 14.8. The third-order valence-corrected chi connectivity index (χ3v) is 6.98. The largest absolute Gasteiger partial charge is 0.455 e. The van der Waals surface area contributed by atoms with Gasteiger partial charge in [0.25, 0.3) is 5.91 Å². The highest BCUT2D eigenvalue weighted by atomic mass is 19.4. The number of nitrogens with one attached hydrogen (secondary N) is 1. The molecule has 9 nitrogen and oxygen atoms in total. The van der Waals surface area contributed by atoms with Gasteiger partial charge in [-0.2, -0.15) is 22.0 Å². The number of hydrogen-bond donors (Lipinski definition) is 3. The first kappa shape index (κ1) is 30.2. The number of alkyl halides is 5. The maximum absolute atomic E-state index is 14.8. The van der Waals surface area contributed by atoms with Crippen molar-refractivity contribution >= 4 is 22.8 Å². The van der Waals surface area contributed by atoms with Gasteiger partial charge in [0, 0.05) is 25.4 Å². The lowest BCUT2D eigenvalue weighted by Gasteiger charge is -2.37. The summed E-state index contributed by atoms with van der Waals surface area (Å²) in [5, 5.41) is 20.9. The smallest absolute Gasteiger partial charge is 0.393 e. The van der Waals surface area contributed by atoms with Crippen LogP contribution in [-0.2, 0) is 0 Å². The van der Waals surface area contributed by atoms with E-state index < -0.39 is 64.2 Å². The Morgan fingerprint density at radius 3 is 2.32 bits per heavy atom. The predicted molar refractivity (Wildman–Crippen MR) is 131 cm³/mol. The number of carbonyl (C=O) groups excluding carboxylic acids is 1. The predicted octanol–water partition coefficient (Wildman–Crippen LogP) is 3.09. The Morgan fingerprint density at radius 1 is 1.12 bits per heavy atom. The summed E-state index contributed by atoms with van der Waals surface area (Å²) < 4.78 is 96.4. The summed E-state index contributed by atoms with van der Waals surface area (Å²) in [7, 11) is 0. The number of aliphatic hydroxyl groups excluding tert-OH is 1. The van der Waals surface area contributed by atoms with Crippen LogP contribution in [0.5, 0.6) is 0 Å². The van der Waals surface area contributed by atoms with Crippen LogP contribution in [0.25, 0.3) is 16.9 Å². The van der Waals surface area contributed by atoms with Crippen LogP contribution in [0.1, 0.15) is 37.0 Å². The number of rotatable bonds is 6. The lowest BCUT2D eigenvalue weighted by molar-refractivity contribution is -0.305. The highest BCUT2D eigenvalue weighted by Crippen LogP contribution is 2.43. The molecule has 222 valence electrons. The van der Waals surface area contributed by atoms with Crippen molar-refractivity contribution in [2.75, 3.05) is 24.6 Å². The Kier molecular flexibility index (Phi) is 7.54. The maximum Gasteiger partial charge on any atom is 0.455 e. The van der Waals surface area contributed by atoms with Gasteiger partial charge in [0.15, 0.2) is 17.3 Å². The van der Waals surface area contributed by atoms with E-state index in [0.29, 0.717) is 32.3 Å². The number of anilines is 1. The fraction of sp³-hybridized carbons (Fsp3) is 0.440. The number of piperidine rings is 1. The molecule has 3 aromatic heterocycles. The van der Waals surface area contributed by atoms with Gasteiger partial charge in [-0.05, 0) is 38.8 Å². The van der Waals surface area contributed by atoms with Crippen LogP contribution in [0.4, 0.5) is 36.6 Å². The number of halogens is 7. The molecular weight excluding hydrogens is 567 g/mol. The Hall–Kier alpha value is -3.79. The molecule has 0 aliphatic carbocycles. The van der Waals surface area contributed by atoms with Crippen molar-refractivity contribution in [3.8, 4) is 5.82 Å². The highest BCUT2D eigenvalue weighted by molar-refractivity contribution is 5.97. The van der Waals surface area contributed by atoms with E-state index in [-0.39, 0.29) is 42.8 Å². The normalized spacial score (nSPS) is 16.2. The molecule has 1 aliphatic heterocycles. The van der Waals surface area contributed by atoms with Crippen LogP contribution in [0.2, 0.25) is 0 Å². The topological polar surface area (TPSA) is 121 Å². The number of carbonyl (C=O) groups is 1. The molecule has 0 radical (unpaired) electrons. The molecular formula is C25H24F7N5O4. The zero-order valence-corrected chi connectivity index (χ0v) is 21.6. The molecule has 1 amide bonds. The van der Waals surface area contributed by atoms with E-state index in [1.165, 1.54) is 17.4 Å². The van der Waals surface area contributed by atoms with Gasteiger partial charge in [-0.15, -0.1) is 0 Å². The molecule has 0 bridgehead atoms. The van der Waals surface area contributed by atoms with Gasteiger partial charge in [0.05, 0.1) is 23.8 Å². The Balaban J connectivity index is 1.85. The van der Waals surface area contributed by atoms with Crippen molar-refractivity contribution in [2.45, 2.75) is 49.9 Å². The van der Waals surface area contributed by atoms with Crippen LogP contribution >= 0.6 is 0 Å². The zero-order valence-electron chi connectivity index (χ0n) is 21.6. The molecule has 1 aliphatic rings. The van der Waals surface area contributed by atoms with E-state index in [2.05, 4.69) is 9.97 Å². The van der Waals surface area contributed by atoms with Crippen molar-refractivity contribution in [3.05, 3.63) is 58.0 Å². The first-order valence-electron chi connectivity index (χ1n) is 12.1. The monoisotopic (exact) mass is 591 g/mol. The second-order valence-corrected chi connectivity index (χ2v) is 10.3. The molecule has 41 heavy (non-hydrogen) atoms. The van der Waals surface area contributed by atoms with E-state index in [4.69, 9.17) is 0 Å². The summed E-state index contributed by atoms with van der Waals surface area (Å²) >= 11 is 0. The molecule has 1 saturated heterocycles. The molecule has 3 aromatic rings. The molecule has 0 spiro atoms. The Labute approximate surface area is 227 Å². The third kappa shape index (κ3) is 5.45. The number of aliphatic hydroxyl groups is 2. The van der Waals surface area contributed by atoms with Gasteiger partial charge in [0.2, 0.25) is 5.43 Å². The summed E-state index contributed by atoms with van der Waals surface area (Å²) in [4.78, 5) is 35.9. The second kappa shape index (κ2) is 10.2. The van der Waals surface area contributed by atoms with Gasteiger partial charge in [-0.1, -0.05) is 0 Å². The van der Waals surface area contributed by atoms with E-state index in [1.807, 2.05) is 0 Å². The van der Waals surface area contributed by atoms with Gasteiger partial charge in [0.1, 0.15) is 22.7 Å².